The minimum absolute atomic E-state index is 0.0293. The van der Waals surface area contributed by atoms with Gasteiger partial charge in [-0.25, -0.2) is 9.59 Å². The maximum absolute atomic E-state index is 12.9. The number of rotatable bonds is 17. The normalized spacial score (nSPS) is 12.2. The first-order valence-corrected chi connectivity index (χ1v) is 14.3. The van der Waals surface area contributed by atoms with Crippen molar-refractivity contribution in [2.45, 2.75) is 59.7 Å². The van der Waals surface area contributed by atoms with Gasteiger partial charge >= 0.3 is 12.0 Å². The van der Waals surface area contributed by atoms with Crippen LogP contribution in [0.4, 0.5) is 4.79 Å². The number of ether oxygens (including phenoxy) is 3. The van der Waals surface area contributed by atoms with Crippen LogP contribution < -0.4 is 10.1 Å². The monoisotopic (exact) mass is 596 g/mol. The summed E-state index contributed by atoms with van der Waals surface area (Å²) in [6.07, 6.45) is 0.969. The molecule has 0 saturated heterocycles. The first kappa shape index (κ1) is 33.7. The van der Waals surface area contributed by atoms with Gasteiger partial charge in [-0.05, 0) is 66.6 Å². The van der Waals surface area contributed by atoms with Crippen LogP contribution >= 0.6 is 23.2 Å². The number of amides is 2. The van der Waals surface area contributed by atoms with E-state index in [1.807, 2.05) is 24.3 Å². The van der Waals surface area contributed by atoms with Crippen molar-refractivity contribution < 1.29 is 28.9 Å². The Morgan fingerprint density at radius 2 is 1.65 bits per heavy atom. The van der Waals surface area contributed by atoms with Gasteiger partial charge in [-0.2, -0.15) is 0 Å². The van der Waals surface area contributed by atoms with E-state index in [-0.39, 0.29) is 17.9 Å². The minimum atomic E-state index is -0.982. The highest BCUT2D eigenvalue weighted by atomic mass is 35.5. The van der Waals surface area contributed by atoms with Gasteiger partial charge in [0.1, 0.15) is 12.4 Å². The molecule has 0 aliphatic heterocycles. The molecule has 2 amide bonds. The van der Waals surface area contributed by atoms with Crippen molar-refractivity contribution in [1.29, 1.82) is 0 Å². The third-order valence-electron chi connectivity index (χ3n) is 5.83. The molecule has 0 aliphatic rings. The Hall–Kier alpha value is -2.52. The number of halogens is 2. The van der Waals surface area contributed by atoms with E-state index in [4.69, 9.17) is 37.4 Å². The Kier molecular flexibility index (Phi) is 14.6. The Balaban J connectivity index is 1.82. The van der Waals surface area contributed by atoms with Crippen LogP contribution in [0.25, 0.3) is 0 Å². The van der Waals surface area contributed by atoms with Crippen molar-refractivity contribution in [3.63, 3.8) is 0 Å². The van der Waals surface area contributed by atoms with E-state index in [1.54, 1.807) is 30.0 Å². The fourth-order valence-corrected chi connectivity index (χ4v) is 4.36. The van der Waals surface area contributed by atoms with E-state index in [1.165, 1.54) is 0 Å². The van der Waals surface area contributed by atoms with Crippen LogP contribution in [0.15, 0.2) is 42.5 Å². The minimum Gasteiger partial charge on any atom is -0.492 e. The molecule has 0 heterocycles. The smallest absolute Gasteiger partial charge is 0.333 e. The molecule has 0 aromatic heterocycles. The van der Waals surface area contributed by atoms with Gasteiger partial charge in [0.2, 0.25) is 0 Å². The molecule has 2 aromatic carbocycles. The summed E-state index contributed by atoms with van der Waals surface area (Å²) in [4.78, 5) is 26.0. The molecule has 2 N–H and O–H groups in total. The van der Waals surface area contributed by atoms with Gasteiger partial charge in [0.05, 0.1) is 13.2 Å². The van der Waals surface area contributed by atoms with E-state index in [2.05, 4.69) is 26.1 Å². The van der Waals surface area contributed by atoms with E-state index < -0.39 is 12.1 Å². The maximum atomic E-state index is 12.9. The van der Waals surface area contributed by atoms with Gasteiger partial charge < -0.3 is 29.5 Å². The molecule has 0 fully saturated rings. The summed E-state index contributed by atoms with van der Waals surface area (Å²) < 4.78 is 16.9. The standard InChI is InChI=1S/C30H42Cl2N2O6/c1-5-39-27(28(35)36)18-22-8-10-26(11-9-22)40-15-13-34(29(37)33-21-30(2,3)4)12-6-7-14-38-20-23-16-24(31)19-25(32)17-23/h8-11,16-17,19,27H,5-7,12-15,18,20-21H2,1-4H3,(H,33,37)(H,35,36). The summed E-state index contributed by atoms with van der Waals surface area (Å²) in [7, 11) is 0. The van der Waals surface area contributed by atoms with Crippen LogP contribution in [0, 0.1) is 5.41 Å². The van der Waals surface area contributed by atoms with Gasteiger partial charge in [-0.1, -0.05) is 56.1 Å². The number of unbranched alkanes of at least 4 members (excludes halogenated alkanes) is 1. The lowest BCUT2D eigenvalue weighted by atomic mass is 9.97. The lowest BCUT2D eigenvalue weighted by Crippen LogP contribution is -2.45. The number of benzene rings is 2. The molecule has 0 saturated carbocycles. The number of hydrogen-bond donors (Lipinski definition) is 2. The molecular formula is C30H42Cl2N2O6. The summed E-state index contributed by atoms with van der Waals surface area (Å²) >= 11 is 12.1. The molecular weight excluding hydrogens is 555 g/mol. The van der Waals surface area contributed by atoms with Crippen molar-refractivity contribution in [3.05, 3.63) is 63.6 Å². The molecule has 0 radical (unpaired) electrons. The summed E-state index contributed by atoms with van der Waals surface area (Å²) in [6, 6.07) is 12.5. The molecule has 0 bridgehead atoms. The van der Waals surface area contributed by atoms with Gasteiger partial charge in [-0.15, -0.1) is 0 Å². The summed E-state index contributed by atoms with van der Waals surface area (Å²) in [5, 5.41) is 13.5. The molecule has 1 atom stereocenters. The topological polar surface area (TPSA) is 97.3 Å². The molecule has 10 heteroatoms. The highest BCUT2D eigenvalue weighted by Gasteiger charge is 2.19. The van der Waals surface area contributed by atoms with Crippen molar-refractivity contribution in [3.8, 4) is 5.75 Å². The van der Waals surface area contributed by atoms with Gasteiger partial charge in [-0.3, -0.25) is 0 Å². The summed E-state index contributed by atoms with van der Waals surface area (Å²) in [5.74, 6) is -0.332. The molecule has 8 nitrogen and oxygen atoms in total. The second-order valence-corrected chi connectivity index (χ2v) is 11.6. The van der Waals surface area contributed by atoms with Crippen molar-refractivity contribution in [2.75, 3.05) is 39.5 Å². The predicted molar refractivity (Wildman–Crippen MR) is 158 cm³/mol. The van der Waals surface area contributed by atoms with Crippen LogP contribution in [0.5, 0.6) is 5.75 Å². The number of nitrogens with zero attached hydrogens (tertiary/aromatic N) is 1. The van der Waals surface area contributed by atoms with Crippen LogP contribution in [0.3, 0.4) is 0 Å². The third kappa shape index (κ3) is 13.7. The Bertz CT molecular complexity index is 1040. The third-order valence-corrected chi connectivity index (χ3v) is 6.27. The Labute approximate surface area is 247 Å². The van der Waals surface area contributed by atoms with Gasteiger partial charge in [0.15, 0.2) is 6.10 Å². The SMILES string of the molecule is CCOC(Cc1ccc(OCCN(CCCCOCc2cc(Cl)cc(Cl)c2)C(=O)NCC(C)(C)C)cc1)C(=O)O. The number of urea groups is 1. The second kappa shape index (κ2) is 17.3. The van der Waals surface area contributed by atoms with Gasteiger partial charge in [0.25, 0.3) is 0 Å². The quantitative estimate of drug-likeness (QED) is 0.203. The van der Waals surface area contributed by atoms with E-state index in [0.29, 0.717) is 61.9 Å². The van der Waals surface area contributed by atoms with Crippen molar-refractivity contribution in [1.82, 2.24) is 10.2 Å². The molecule has 0 aliphatic carbocycles. The highest BCUT2D eigenvalue weighted by Crippen LogP contribution is 2.20. The average Bonchev–Trinajstić information content (AvgIpc) is 2.87. The lowest BCUT2D eigenvalue weighted by Gasteiger charge is -2.26. The predicted octanol–water partition coefficient (Wildman–Crippen LogP) is 6.46. The highest BCUT2D eigenvalue weighted by molar-refractivity contribution is 6.34. The van der Waals surface area contributed by atoms with Crippen molar-refractivity contribution >= 4 is 35.2 Å². The van der Waals surface area contributed by atoms with E-state index >= 15 is 0 Å². The number of nitrogens with one attached hydrogen (secondary N) is 1. The zero-order chi connectivity index (χ0) is 29.5. The number of carboxylic acids is 1. The Morgan fingerprint density at radius 1 is 0.975 bits per heavy atom. The number of carboxylic acid groups (broad SMARTS) is 1. The average molecular weight is 598 g/mol. The number of hydrogen-bond acceptors (Lipinski definition) is 5. The van der Waals surface area contributed by atoms with E-state index in [0.717, 1.165) is 24.0 Å². The maximum Gasteiger partial charge on any atom is 0.333 e. The van der Waals surface area contributed by atoms with E-state index in [9.17, 15) is 14.7 Å². The molecule has 1 unspecified atom stereocenters. The second-order valence-electron chi connectivity index (χ2n) is 10.7. The number of carbonyl (C=O) groups excluding carboxylic acids is 1. The molecule has 40 heavy (non-hydrogen) atoms. The molecule has 222 valence electrons. The molecule has 2 rings (SSSR count). The zero-order valence-corrected chi connectivity index (χ0v) is 25.4. The number of aliphatic carboxylic acids is 1. The Morgan fingerprint density at radius 3 is 2.25 bits per heavy atom. The largest absolute Gasteiger partial charge is 0.492 e. The summed E-state index contributed by atoms with van der Waals surface area (Å²) in [6.45, 7) is 11.2. The molecule has 2 aromatic rings. The first-order valence-electron chi connectivity index (χ1n) is 13.6. The van der Waals surface area contributed by atoms with Crippen LogP contribution in [0.2, 0.25) is 10.0 Å². The summed E-state index contributed by atoms with van der Waals surface area (Å²) in [5.41, 5.74) is 1.73. The van der Waals surface area contributed by atoms with Crippen LogP contribution in [0.1, 0.15) is 51.7 Å². The van der Waals surface area contributed by atoms with Gasteiger partial charge in [0, 0.05) is 42.8 Å². The first-order chi connectivity index (χ1) is 19.0. The number of carbonyl (C=O) groups is 2. The van der Waals surface area contributed by atoms with Crippen LogP contribution in [-0.2, 0) is 27.3 Å². The van der Waals surface area contributed by atoms with Crippen LogP contribution in [-0.4, -0.2) is 67.6 Å². The zero-order valence-electron chi connectivity index (χ0n) is 23.9. The van der Waals surface area contributed by atoms with Crippen molar-refractivity contribution in [2.24, 2.45) is 5.41 Å². The fraction of sp³-hybridized carbons (Fsp3) is 0.533. The molecule has 0 spiro atoms. The lowest BCUT2D eigenvalue weighted by molar-refractivity contribution is -0.149. The fourth-order valence-electron chi connectivity index (χ4n) is 3.79.